The number of aromatic hydroxyl groups is 1. The third-order valence-corrected chi connectivity index (χ3v) is 6.18. The fraction of sp³-hybridized carbons (Fsp3) is 0.174. The number of phenolic OH excluding ortho intramolecular Hbond substituents is 1. The third-order valence-electron chi connectivity index (χ3n) is 5.05. The number of fused-ring (bicyclic) bond motifs is 1. The van der Waals surface area contributed by atoms with E-state index in [9.17, 15) is 14.3 Å². The molecule has 4 aromatic rings. The van der Waals surface area contributed by atoms with Crippen LogP contribution < -0.4 is 5.32 Å². The maximum Gasteiger partial charge on any atom is 0.261 e. The Labute approximate surface area is 172 Å². The first-order chi connectivity index (χ1) is 13.9. The molecule has 3 N–H and O–H groups in total. The normalized spacial score (nSPS) is 11.1. The molecule has 4 rings (SSSR count). The van der Waals surface area contributed by atoms with Crippen molar-refractivity contribution in [1.29, 1.82) is 0 Å². The highest BCUT2D eigenvalue weighted by atomic mass is 32.1. The lowest BCUT2D eigenvalue weighted by Gasteiger charge is -2.06. The molecular weight excluding hydrogens is 387 g/mol. The first kappa shape index (κ1) is 19.2. The van der Waals surface area contributed by atoms with Gasteiger partial charge in [0.05, 0.1) is 10.4 Å². The second-order valence-electron chi connectivity index (χ2n) is 7.06. The maximum absolute atomic E-state index is 14.1. The number of aryl methyl sites for hydroxylation is 2. The van der Waals surface area contributed by atoms with Crippen molar-refractivity contribution in [1.82, 2.24) is 10.3 Å². The van der Waals surface area contributed by atoms with Gasteiger partial charge in [-0.05, 0) is 67.3 Å². The van der Waals surface area contributed by atoms with E-state index in [-0.39, 0.29) is 17.5 Å². The Morgan fingerprint density at radius 1 is 1.17 bits per heavy atom. The predicted octanol–water partition coefficient (Wildman–Crippen LogP) is 5.33. The summed E-state index contributed by atoms with van der Waals surface area (Å²) in [6, 6.07) is 13.9. The monoisotopic (exact) mass is 408 g/mol. The van der Waals surface area contributed by atoms with E-state index >= 15 is 0 Å². The average molecular weight is 408 g/mol. The second kappa shape index (κ2) is 7.72. The maximum atomic E-state index is 14.1. The van der Waals surface area contributed by atoms with Gasteiger partial charge in [0.15, 0.2) is 0 Å². The fourth-order valence-electron chi connectivity index (χ4n) is 3.62. The van der Waals surface area contributed by atoms with Crippen LogP contribution in [0.1, 0.15) is 26.5 Å². The molecular formula is C23H21FN2O2S. The summed E-state index contributed by atoms with van der Waals surface area (Å²) >= 11 is 1.38. The van der Waals surface area contributed by atoms with Gasteiger partial charge in [-0.15, -0.1) is 11.3 Å². The number of halogens is 1. The van der Waals surface area contributed by atoms with Gasteiger partial charge in [-0.2, -0.15) is 0 Å². The summed E-state index contributed by atoms with van der Waals surface area (Å²) < 4.78 is 14.1. The van der Waals surface area contributed by atoms with Crippen molar-refractivity contribution in [2.75, 3.05) is 6.54 Å². The van der Waals surface area contributed by atoms with E-state index in [1.165, 1.54) is 17.4 Å². The Hall–Kier alpha value is -3.12. The minimum absolute atomic E-state index is 0.137. The fourth-order valence-corrected chi connectivity index (χ4v) is 4.54. The van der Waals surface area contributed by atoms with Gasteiger partial charge < -0.3 is 15.4 Å². The quantitative estimate of drug-likeness (QED) is 0.418. The number of benzene rings is 2. The standard InChI is InChI=1S/C23H21FN2O2S/c1-13-6-7-18(24)22-21(13)17(14(2)26-22)10-11-25-23(28)20-9-8-19(29-20)15-4-3-5-16(27)12-15/h3-9,12,26-27H,10-11H2,1-2H3,(H,25,28). The number of H-pyrrole nitrogens is 1. The number of phenols is 1. The Kier molecular flexibility index (Phi) is 5.11. The number of amides is 1. The third kappa shape index (κ3) is 3.76. The lowest BCUT2D eigenvalue weighted by molar-refractivity contribution is 0.0958. The minimum atomic E-state index is -0.262. The molecule has 29 heavy (non-hydrogen) atoms. The van der Waals surface area contributed by atoms with Crippen LogP contribution in [0.3, 0.4) is 0 Å². The summed E-state index contributed by atoms with van der Waals surface area (Å²) in [7, 11) is 0. The van der Waals surface area contributed by atoms with Gasteiger partial charge >= 0.3 is 0 Å². The molecule has 4 nitrogen and oxygen atoms in total. The number of aromatic nitrogens is 1. The van der Waals surface area contributed by atoms with E-state index in [4.69, 9.17) is 0 Å². The van der Waals surface area contributed by atoms with Crippen molar-refractivity contribution in [3.63, 3.8) is 0 Å². The van der Waals surface area contributed by atoms with Crippen LogP contribution in [0.25, 0.3) is 21.3 Å². The van der Waals surface area contributed by atoms with Crippen molar-refractivity contribution in [3.8, 4) is 16.2 Å². The van der Waals surface area contributed by atoms with Gasteiger partial charge in [0, 0.05) is 22.5 Å². The van der Waals surface area contributed by atoms with Crippen molar-refractivity contribution in [3.05, 3.63) is 76.0 Å². The molecule has 2 aromatic heterocycles. The summed E-state index contributed by atoms with van der Waals surface area (Å²) in [5.74, 6) is -0.202. The van der Waals surface area contributed by atoms with Crippen molar-refractivity contribution < 1.29 is 14.3 Å². The second-order valence-corrected chi connectivity index (χ2v) is 8.15. The largest absolute Gasteiger partial charge is 0.508 e. The molecule has 0 atom stereocenters. The summed E-state index contributed by atoms with van der Waals surface area (Å²) in [5.41, 5.74) is 4.37. The summed E-state index contributed by atoms with van der Waals surface area (Å²) in [6.07, 6.45) is 0.618. The van der Waals surface area contributed by atoms with E-state index in [1.54, 1.807) is 30.3 Å². The van der Waals surface area contributed by atoms with Crippen molar-refractivity contribution in [2.45, 2.75) is 20.3 Å². The zero-order valence-corrected chi connectivity index (χ0v) is 17.0. The molecule has 0 aliphatic heterocycles. The molecule has 148 valence electrons. The van der Waals surface area contributed by atoms with Crippen LogP contribution in [0.2, 0.25) is 0 Å². The first-order valence-electron chi connectivity index (χ1n) is 9.37. The van der Waals surface area contributed by atoms with Crippen LogP contribution in [0.4, 0.5) is 4.39 Å². The van der Waals surface area contributed by atoms with Crippen LogP contribution in [-0.2, 0) is 6.42 Å². The van der Waals surface area contributed by atoms with E-state index in [0.717, 1.165) is 32.6 Å². The average Bonchev–Trinajstić information content (AvgIpc) is 3.31. The van der Waals surface area contributed by atoms with Gasteiger partial charge in [-0.25, -0.2) is 4.39 Å². The van der Waals surface area contributed by atoms with Crippen molar-refractivity contribution >= 4 is 28.1 Å². The minimum Gasteiger partial charge on any atom is -0.508 e. The number of hydrogen-bond acceptors (Lipinski definition) is 3. The number of nitrogens with one attached hydrogen (secondary N) is 2. The van der Waals surface area contributed by atoms with Gasteiger partial charge in [0.2, 0.25) is 0 Å². The van der Waals surface area contributed by atoms with Crippen LogP contribution in [-0.4, -0.2) is 22.5 Å². The number of rotatable bonds is 5. The number of hydrogen-bond donors (Lipinski definition) is 3. The lowest BCUT2D eigenvalue weighted by atomic mass is 10.0. The molecule has 0 fully saturated rings. The van der Waals surface area contributed by atoms with Gasteiger partial charge in [-0.1, -0.05) is 18.2 Å². The SMILES string of the molecule is Cc1[nH]c2c(F)ccc(C)c2c1CCNC(=O)c1ccc(-c2cccc(O)c2)s1. The highest BCUT2D eigenvalue weighted by Crippen LogP contribution is 2.30. The lowest BCUT2D eigenvalue weighted by Crippen LogP contribution is -2.25. The van der Waals surface area contributed by atoms with E-state index in [2.05, 4.69) is 10.3 Å². The smallest absolute Gasteiger partial charge is 0.261 e. The van der Waals surface area contributed by atoms with Gasteiger partial charge in [0.1, 0.15) is 11.6 Å². The zero-order valence-electron chi connectivity index (χ0n) is 16.2. The Bertz CT molecular complexity index is 1210. The van der Waals surface area contributed by atoms with Crippen LogP contribution in [0, 0.1) is 19.7 Å². The summed E-state index contributed by atoms with van der Waals surface area (Å²) in [4.78, 5) is 17.2. The van der Waals surface area contributed by atoms with E-state index in [0.29, 0.717) is 23.4 Å². The molecule has 0 aliphatic rings. The van der Waals surface area contributed by atoms with E-state index < -0.39 is 0 Å². The topological polar surface area (TPSA) is 65.1 Å². The Balaban J connectivity index is 1.46. The van der Waals surface area contributed by atoms with Gasteiger partial charge in [0.25, 0.3) is 5.91 Å². The molecule has 0 saturated carbocycles. The van der Waals surface area contributed by atoms with Gasteiger partial charge in [-0.3, -0.25) is 4.79 Å². The molecule has 2 aromatic carbocycles. The molecule has 6 heteroatoms. The van der Waals surface area contributed by atoms with Crippen LogP contribution >= 0.6 is 11.3 Å². The number of aromatic amines is 1. The number of carbonyl (C=O) groups is 1. The number of thiophene rings is 1. The molecule has 2 heterocycles. The highest BCUT2D eigenvalue weighted by Gasteiger charge is 2.15. The van der Waals surface area contributed by atoms with Crippen LogP contribution in [0.15, 0.2) is 48.5 Å². The molecule has 0 saturated heterocycles. The molecule has 1 amide bonds. The molecule has 0 bridgehead atoms. The molecule has 0 radical (unpaired) electrons. The number of carbonyl (C=O) groups excluding carboxylic acids is 1. The Morgan fingerprint density at radius 2 is 2.00 bits per heavy atom. The van der Waals surface area contributed by atoms with Crippen LogP contribution in [0.5, 0.6) is 5.75 Å². The summed E-state index contributed by atoms with van der Waals surface area (Å²) in [6.45, 7) is 4.35. The highest BCUT2D eigenvalue weighted by molar-refractivity contribution is 7.17. The van der Waals surface area contributed by atoms with Crippen molar-refractivity contribution in [2.24, 2.45) is 0 Å². The predicted molar refractivity (Wildman–Crippen MR) is 115 cm³/mol. The summed E-state index contributed by atoms with van der Waals surface area (Å²) in [5, 5.41) is 13.5. The zero-order chi connectivity index (χ0) is 20.5. The molecule has 0 unspecified atom stereocenters. The van der Waals surface area contributed by atoms with E-state index in [1.807, 2.05) is 26.0 Å². The molecule has 0 aliphatic carbocycles. The Morgan fingerprint density at radius 3 is 2.79 bits per heavy atom. The first-order valence-corrected chi connectivity index (χ1v) is 10.2. The molecule has 0 spiro atoms.